The van der Waals surface area contributed by atoms with Gasteiger partial charge in [0.15, 0.2) is 0 Å². The van der Waals surface area contributed by atoms with Gasteiger partial charge >= 0.3 is 0 Å². The molecule has 0 bridgehead atoms. The van der Waals surface area contributed by atoms with Gasteiger partial charge in [-0.3, -0.25) is 9.89 Å². The summed E-state index contributed by atoms with van der Waals surface area (Å²) < 4.78 is 27.2. The van der Waals surface area contributed by atoms with Gasteiger partial charge in [-0.2, -0.15) is 9.82 Å². The Morgan fingerprint density at radius 2 is 2.35 bits per heavy atom. The number of carbonyl (C=O) groups is 1. The SMILES string of the molecule is CC(NS(=O)(=O)c1cccs1)C(=O)N1CCCC1c1ccn[nH]1. The molecule has 2 aromatic heterocycles. The van der Waals surface area contributed by atoms with E-state index >= 15 is 0 Å². The Morgan fingerprint density at radius 1 is 1.52 bits per heavy atom. The van der Waals surface area contributed by atoms with E-state index in [-0.39, 0.29) is 16.2 Å². The van der Waals surface area contributed by atoms with Crippen LogP contribution in [0.1, 0.15) is 31.5 Å². The van der Waals surface area contributed by atoms with Crippen molar-refractivity contribution in [2.45, 2.75) is 36.1 Å². The number of rotatable bonds is 5. The molecule has 0 aliphatic carbocycles. The summed E-state index contributed by atoms with van der Waals surface area (Å²) in [6, 6.07) is 4.15. The maximum Gasteiger partial charge on any atom is 0.250 e. The molecule has 2 N–H and O–H groups in total. The lowest BCUT2D eigenvalue weighted by Crippen LogP contribution is -2.46. The second-order valence-electron chi connectivity index (χ2n) is 5.48. The zero-order chi connectivity index (χ0) is 16.4. The molecule has 9 heteroatoms. The minimum atomic E-state index is -3.66. The van der Waals surface area contributed by atoms with E-state index < -0.39 is 16.1 Å². The van der Waals surface area contributed by atoms with Crippen molar-refractivity contribution < 1.29 is 13.2 Å². The number of hydrogen-bond donors (Lipinski definition) is 2. The molecule has 1 fully saturated rings. The molecule has 0 saturated carbocycles. The van der Waals surface area contributed by atoms with Crippen molar-refractivity contribution in [1.82, 2.24) is 19.8 Å². The number of nitrogens with zero attached hydrogens (tertiary/aromatic N) is 2. The molecule has 0 aromatic carbocycles. The number of nitrogens with one attached hydrogen (secondary N) is 2. The number of thiophene rings is 1. The van der Waals surface area contributed by atoms with E-state index in [1.54, 1.807) is 29.5 Å². The van der Waals surface area contributed by atoms with E-state index in [1.807, 2.05) is 6.07 Å². The zero-order valence-electron chi connectivity index (χ0n) is 12.6. The first kappa shape index (κ1) is 16.2. The zero-order valence-corrected chi connectivity index (χ0v) is 14.2. The van der Waals surface area contributed by atoms with Crippen LogP contribution >= 0.6 is 11.3 Å². The summed E-state index contributed by atoms with van der Waals surface area (Å²) in [6.45, 7) is 2.20. The van der Waals surface area contributed by atoms with Gasteiger partial charge in [0, 0.05) is 12.7 Å². The van der Waals surface area contributed by atoms with Gasteiger partial charge in [0.25, 0.3) is 10.0 Å². The molecule has 2 unspecified atom stereocenters. The Hall–Kier alpha value is -1.71. The van der Waals surface area contributed by atoms with Crippen molar-refractivity contribution >= 4 is 27.3 Å². The average Bonchev–Trinajstić information content (AvgIpc) is 3.25. The molecule has 3 rings (SSSR count). The molecule has 1 amide bonds. The van der Waals surface area contributed by atoms with Crippen molar-refractivity contribution in [3.8, 4) is 0 Å². The Morgan fingerprint density at radius 3 is 3.00 bits per heavy atom. The first-order chi connectivity index (χ1) is 11.0. The third kappa shape index (κ3) is 3.31. The van der Waals surface area contributed by atoms with Crippen molar-refractivity contribution in [3.05, 3.63) is 35.5 Å². The van der Waals surface area contributed by atoms with Crippen LogP contribution in [0.5, 0.6) is 0 Å². The van der Waals surface area contributed by atoms with Crippen LogP contribution in [0.3, 0.4) is 0 Å². The minimum Gasteiger partial charge on any atom is -0.333 e. The number of carbonyl (C=O) groups excluding carboxylic acids is 1. The van der Waals surface area contributed by atoms with Crippen LogP contribution in [-0.4, -0.2) is 42.0 Å². The first-order valence-electron chi connectivity index (χ1n) is 7.34. The molecule has 3 heterocycles. The first-order valence-corrected chi connectivity index (χ1v) is 9.71. The second-order valence-corrected chi connectivity index (χ2v) is 8.37. The van der Waals surface area contributed by atoms with Gasteiger partial charge in [0.2, 0.25) is 5.91 Å². The molecule has 1 aliphatic heterocycles. The summed E-state index contributed by atoms with van der Waals surface area (Å²) >= 11 is 1.13. The number of H-pyrrole nitrogens is 1. The van der Waals surface area contributed by atoms with E-state index in [9.17, 15) is 13.2 Å². The van der Waals surface area contributed by atoms with Crippen LogP contribution in [0.25, 0.3) is 0 Å². The van der Waals surface area contributed by atoms with Crippen molar-refractivity contribution in [2.75, 3.05) is 6.54 Å². The molecule has 2 aromatic rings. The van der Waals surface area contributed by atoms with Gasteiger partial charge in [0.05, 0.1) is 17.8 Å². The third-order valence-electron chi connectivity index (χ3n) is 3.88. The Bertz CT molecular complexity index is 756. The number of sulfonamides is 1. The number of aromatic nitrogens is 2. The molecule has 124 valence electrons. The quantitative estimate of drug-likeness (QED) is 0.851. The van der Waals surface area contributed by atoms with Gasteiger partial charge in [-0.05, 0) is 37.3 Å². The smallest absolute Gasteiger partial charge is 0.250 e. The predicted octanol–water partition coefficient (Wildman–Crippen LogP) is 1.50. The summed E-state index contributed by atoms with van der Waals surface area (Å²) in [6.07, 6.45) is 3.39. The van der Waals surface area contributed by atoms with E-state index in [0.717, 1.165) is 29.9 Å². The van der Waals surface area contributed by atoms with Crippen molar-refractivity contribution in [3.63, 3.8) is 0 Å². The standard InChI is InChI=1S/C14H18N4O3S2/c1-10(17-23(20,21)13-5-3-9-22-13)14(19)18-8-2-4-12(18)11-6-7-15-16-11/h3,5-7,9-10,12,17H,2,4,8H2,1H3,(H,15,16). The van der Waals surface area contributed by atoms with Crippen molar-refractivity contribution in [1.29, 1.82) is 0 Å². The molecule has 1 saturated heterocycles. The highest BCUT2D eigenvalue weighted by Crippen LogP contribution is 2.31. The highest BCUT2D eigenvalue weighted by Gasteiger charge is 2.34. The monoisotopic (exact) mass is 354 g/mol. The lowest BCUT2D eigenvalue weighted by molar-refractivity contribution is -0.133. The van der Waals surface area contributed by atoms with Crippen LogP contribution in [0.2, 0.25) is 0 Å². The lowest BCUT2D eigenvalue weighted by Gasteiger charge is -2.27. The molecule has 23 heavy (non-hydrogen) atoms. The highest BCUT2D eigenvalue weighted by molar-refractivity contribution is 7.91. The fourth-order valence-electron chi connectivity index (χ4n) is 2.81. The van der Waals surface area contributed by atoms with E-state index in [0.29, 0.717) is 6.54 Å². The summed E-state index contributed by atoms with van der Waals surface area (Å²) in [5, 5.41) is 8.51. The average molecular weight is 354 g/mol. The lowest BCUT2D eigenvalue weighted by atomic mass is 10.1. The van der Waals surface area contributed by atoms with Crippen LogP contribution < -0.4 is 4.72 Å². The molecule has 1 aliphatic rings. The summed E-state index contributed by atoms with van der Waals surface area (Å²) in [7, 11) is -3.66. The number of likely N-dealkylation sites (tertiary alicyclic amines) is 1. The van der Waals surface area contributed by atoms with Gasteiger partial charge in [-0.15, -0.1) is 11.3 Å². The molecule has 0 spiro atoms. The summed E-state index contributed by atoms with van der Waals surface area (Å²) in [5.74, 6) is -0.220. The van der Waals surface area contributed by atoms with Gasteiger partial charge in [0.1, 0.15) is 4.21 Å². The van der Waals surface area contributed by atoms with Gasteiger partial charge in [-0.25, -0.2) is 8.42 Å². The number of hydrogen-bond acceptors (Lipinski definition) is 5. The molecular formula is C14H18N4O3S2. The van der Waals surface area contributed by atoms with E-state index in [2.05, 4.69) is 14.9 Å². The third-order valence-corrected chi connectivity index (χ3v) is 6.82. The second kappa shape index (κ2) is 6.42. The van der Waals surface area contributed by atoms with Gasteiger partial charge < -0.3 is 4.90 Å². The maximum absolute atomic E-state index is 12.7. The fourth-order valence-corrected chi connectivity index (χ4v) is 5.02. The molecule has 7 nitrogen and oxygen atoms in total. The maximum atomic E-state index is 12.7. The summed E-state index contributed by atoms with van der Waals surface area (Å²) in [5.41, 5.74) is 0.879. The molecule has 0 radical (unpaired) electrons. The molecular weight excluding hydrogens is 336 g/mol. The molecule has 2 atom stereocenters. The Balaban J connectivity index is 1.72. The largest absolute Gasteiger partial charge is 0.333 e. The fraction of sp³-hybridized carbons (Fsp3) is 0.429. The topological polar surface area (TPSA) is 95.2 Å². The predicted molar refractivity (Wildman–Crippen MR) is 86.4 cm³/mol. The highest BCUT2D eigenvalue weighted by atomic mass is 32.2. The van der Waals surface area contributed by atoms with E-state index in [4.69, 9.17) is 0 Å². The van der Waals surface area contributed by atoms with Crippen LogP contribution in [0.4, 0.5) is 0 Å². The minimum absolute atomic E-state index is 0.0707. The van der Waals surface area contributed by atoms with Crippen LogP contribution in [0.15, 0.2) is 34.0 Å². The number of amides is 1. The number of aromatic amines is 1. The van der Waals surface area contributed by atoms with E-state index in [1.165, 1.54) is 6.07 Å². The summed E-state index contributed by atoms with van der Waals surface area (Å²) in [4.78, 5) is 14.4. The Kier molecular flexibility index (Phi) is 4.51. The van der Waals surface area contributed by atoms with Crippen LogP contribution in [-0.2, 0) is 14.8 Å². The van der Waals surface area contributed by atoms with Crippen molar-refractivity contribution in [2.24, 2.45) is 0 Å². The Labute approximate surface area is 138 Å². The van der Waals surface area contributed by atoms with Gasteiger partial charge in [-0.1, -0.05) is 6.07 Å². The normalized spacial score (nSPS) is 19.9. The van der Waals surface area contributed by atoms with Crippen LogP contribution in [0, 0.1) is 0 Å².